The Morgan fingerprint density at radius 2 is 1.38 bits per heavy atom. The van der Waals surface area contributed by atoms with Gasteiger partial charge in [-0.05, 0) is 69.8 Å². The third kappa shape index (κ3) is 2.55. The van der Waals surface area contributed by atoms with Crippen LogP contribution in [0.5, 0.6) is 0 Å². The van der Waals surface area contributed by atoms with E-state index in [4.69, 9.17) is 4.98 Å². The van der Waals surface area contributed by atoms with Gasteiger partial charge in [-0.2, -0.15) is 0 Å². The smallest absolute Gasteiger partial charge is 0.237 e. The average Bonchev–Trinajstić information content (AvgIpc) is 3.57. The van der Waals surface area contributed by atoms with Gasteiger partial charge in [0.1, 0.15) is 12.7 Å². The van der Waals surface area contributed by atoms with Crippen molar-refractivity contribution in [2.45, 2.75) is 5.41 Å². The molecule has 9 rings (SSSR count). The minimum absolute atomic E-state index is 0.483. The van der Waals surface area contributed by atoms with Crippen LogP contribution < -0.4 is 0 Å². The van der Waals surface area contributed by atoms with E-state index in [9.17, 15) is 0 Å². The highest BCUT2D eigenvalue weighted by Crippen LogP contribution is 2.63. The van der Waals surface area contributed by atoms with Gasteiger partial charge in [0, 0.05) is 27.0 Å². The topological polar surface area (TPSA) is 56.5 Å². The van der Waals surface area contributed by atoms with E-state index in [1.165, 1.54) is 49.7 Å². The van der Waals surface area contributed by atoms with Crippen LogP contribution in [-0.2, 0) is 5.41 Å². The molecule has 1 spiro atoms. The molecule has 182 valence electrons. The second-order valence-electron chi connectivity index (χ2n) is 10.1. The lowest BCUT2D eigenvalue weighted by molar-refractivity contribution is 0.791. The van der Waals surface area contributed by atoms with Gasteiger partial charge < -0.3 is 0 Å². The molecule has 0 aliphatic heterocycles. The van der Waals surface area contributed by atoms with Crippen LogP contribution in [0, 0.1) is 0 Å². The molecule has 6 heteroatoms. The van der Waals surface area contributed by atoms with Crippen molar-refractivity contribution < 1.29 is 0 Å². The van der Waals surface area contributed by atoms with Gasteiger partial charge in [-0.15, -0.1) is 0 Å². The molecule has 3 aromatic heterocycles. The fraction of sp³-hybridized carbons (Fsp3) is 0.0303. The summed E-state index contributed by atoms with van der Waals surface area (Å²) in [6.45, 7) is 0. The third-order valence-corrected chi connectivity index (χ3v) is 8.86. The van der Waals surface area contributed by atoms with E-state index in [1.807, 2.05) is 6.20 Å². The van der Waals surface area contributed by atoms with Crippen LogP contribution in [0.25, 0.3) is 50.1 Å². The standard InChI is InChI=1S/C33H18BrN5/c34-19-11-12-22-27(14-19)33(26-9-5-13-36-31(22)26)25-8-3-1-6-20(25)23-15-24-21-7-2-4-10-29(21)39(30(24)16-28(23)33)32-37-17-35-18-38-32/h1-18H. The molecule has 1 unspecified atom stereocenters. The molecule has 1 atom stereocenters. The third-order valence-electron chi connectivity index (χ3n) is 8.37. The zero-order valence-corrected chi connectivity index (χ0v) is 22.1. The van der Waals surface area contributed by atoms with Crippen LogP contribution in [0.1, 0.15) is 22.3 Å². The molecule has 0 N–H and O–H groups in total. The summed E-state index contributed by atoms with van der Waals surface area (Å²) in [5.74, 6) is 0.609. The molecule has 0 radical (unpaired) electrons. The van der Waals surface area contributed by atoms with Crippen LogP contribution in [-0.4, -0.2) is 24.5 Å². The quantitative estimate of drug-likeness (QED) is 0.208. The Hall–Kier alpha value is -4.68. The number of halogens is 1. The lowest BCUT2D eigenvalue weighted by Gasteiger charge is -2.30. The van der Waals surface area contributed by atoms with E-state index in [2.05, 4.69) is 126 Å². The fourth-order valence-electron chi connectivity index (χ4n) is 6.98. The molecule has 0 fully saturated rings. The Kier molecular flexibility index (Phi) is 4.07. The normalized spacial score (nSPS) is 16.4. The number of fused-ring (bicyclic) bond motifs is 13. The Morgan fingerprint density at radius 3 is 2.31 bits per heavy atom. The number of para-hydroxylation sites is 1. The predicted octanol–water partition coefficient (Wildman–Crippen LogP) is 7.47. The van der Waals surface area contributed by atoms with E-state index in [1.54, 1.807) is 12.7 Å². The molecule has 0 amide bonds. The summed E-state index contributed by atoms with van der Waals surface area (Å²) in [4.78, 5) is 18.1. The first-order chi connectivity index (χ1) is 19.3. The molecule has 39 heavy (non-hydrogen) atoms. The van der Waals surface area contributed by atoms with E-state index in [0.29, 0.717) is 5.95 Å². The van der Waals surface area contributed by atoms with Crippen molar-refractivity contribution in [3.05, 3.63) is 137 Å². The second-order valence-corrected chi connectivity index (χ2v) is 11.0. The summed E-state index contributed by atoms with van der Waals surface area (Å²) < 4.78 is 3.21. The summed E-state index contributed by atoms with van der Waals surface area (Å²) in [6.07, 6.45) is 5.01. The summed E-state index contributed by atoms with van der Waals surface area (Å²) in [5, 5.41) is 2.35. The molecular weight excluding hydrogens is 546 g/mol. The lowest BCUT2D eigenvalue weighted by Crippen LogP contribution is -2.26. The fourth-order valence-corrected chi connectivity index (χ4v) is 7.34. The van der Waals surface area contributed by atoms with Gasteiger partial charge in [0.15, 0.2) is 0 Å². The van der Waals surface area contributed by atoms with Crippen molar-refractivity contribution in [1.82, 2.24) is 24.5 Å². The number of benzene rings is 4. The van der Waals surface area contributed by atoms with Crippen molar-refractivity contribution in [2.75, 3.05) is 0 Å². The number of hydrogen-bond donors (Lipinski definition) is 0. The van der Waals surface area contributed by atoms with Gasteiger partial charge in [-0.25, -0.2) is 15.0 Å². The van der Waals surface area contributed by atoms with E-state index in [0.717, 1.165) is 21.2 Å². The summed E-state index contributed by atoms with van der Waals surface area (Å²) in [6, 6.07) is 32.9. The minimum atomic E-state index is -0.483. The van der Waals surface area contributed by atoms with Crippen molar-refractivity contribution in [1.29, 1.82) is 0 Å². The molecule has 3 heterocycles. The van der Waals surface area contributed by atoms with Crippen molar-refractivity contribution in [2.24, 2.45) is 0 Å². The van der Waals surface area contributed by atoms with Crippen LogP contribution >= 0.6 is 15.9 Å². The van der Waals surface area contributed by atoms with Crippen LogP contribution in [0.4, 0.5) is 0 Å². The maximum Gasteiger partial charge on any atom is 0.237 e. The molecule has 4 aromatic carbocycles. The van der Waals surface area contributed by atoms with Gasteiger partial charge in [0.05, 0.1) is 22.1 Å². The van der Waals surface area contributed by atoms with Crippen LogP contribution in [0.3, 0.4) is 0 Å². The maximum atomic E-state index is 4.91. The van der Waals surface area contributed by atoms with Crippen LogP contribution in [0.15, 0.2) is 114 Å². The molecule has 2 aliphatic carbocycles. The van der Waals surface area contributed by atoms with Crippen molar-refractivity contribution >= 4 is 37.7 Å². The monoisotopic (exact) mass is 563 g/mol. The first-order valence-corrected chi connectivity index (χ1v) is 13.6. The SMILES string of the molecule is Brc1ccc2c(c1)C1(c3ccccc3-c3cc4c5ccccc5n(-c5ncncn5)c4cc31)c1cccnc1-2. The number of nitrogens with zero attached hydrogens (tertiary/aromatic N) is 5. The average molecular weight is 564 g/mol. The molecular formula is C33H18BrN5. The number of aromatic nitrogens is 5. The molecule has 2 aliphatic rings. The van der Waals surface area contributed by atoms with Crippen molar-refractivity contribution in [3.8, 4) is 28.3 Å². The molecule has 0 saturated carbocycles. The Balaban J connectivity index is 1.50. The highest BCUT2D eigenvalue weighted by Gasteiger charge is 2.52. The highest BCUT2D eigenvalue weighted by molar-refractivity contribution is 9.10. The van der Waals surface area contributed by atoms with E-state index < -0.39 is 5.41 Å². The summed E-state index contributed by atoms with van der Waals surface area (Å²) in [5.41, 5.74) is 11.4. The van der Waals surface area contributed by atoms with Crippen LogP contribution in [0.2, 0.25) is 0 Å². The first kappa shape index (κ1) is 21.3. The summed E-state index contributed by atoms with van der Waals surface area (Å²) >= 11 is 3.78. The Bertz CT molecular complexity index is 2150. The van der Waals surface area contributed by atoms with Gasteiger partial charge in [-0.1, -0.05) is 70.5 Å². The highest BCUT2D eigenvalue weighted by atomic mass is 79.9. The van der Waals surface area contributed by atoms with E-state index >= 15 is 0 Å². The van der Waals surface area contributed by atoms with Gasteiger partial charge in [-0.3, -0.25) is 9.55 Å². The summed E-state index contributed by atoms with van der Waals surface area (Å²) in [7, 11) is 0. The minimum Gasteiger partial charge on any atom is -0.278 e. The van der Waals surface area contributed by atoms with Crippen molar-refractivity contribution in [3.63, 3.8) is 0 Å². The van der Waals surface area contributed by atoms with Gasteiger partial charge in [0.2, 0.25) is 5.95 Å². The number of pyridine rings is 1. The Morgan fingerprint density at radius 1 is 0.590 bits per heavy atom. The zero-order chi connectivity index (χ0) is 25.7. The van der Waals surface area contributed by atoms with Gasteiger partial charge in [0.25, 0.3) is 0 Å². The predicted molar refractivity (Wildman–Crippen MR) is 156 cm³/mol. The Labute approximate surface area is 232 Å². The van der Waals surface area contributed by atoms with E-state index in [-0.39, 0.29) is 0 Å². The number of hydrogen-bond acceptors (Lipinski definition) is 4. The molecule has 0 saturated heterocycles. The largest absolute Gasteiger partial charge is 0.278 e. The molecule has 0 bridgehead atoms. The first-order valence-electron chi connectivity index (χ1n) is 12.8. The second kappa shape index (κ2) is 7.46. The molecule has 5 nitrogen and oxygen atoms in total. The zero-order valence-electron chi connectivity index (χ0n) is 20.5. The van der Waals surface area contributed by atoms with Gasteiger partial charge >= 0.3 is 0 Å². The lowest BCUT2D eigenvalue weighted by atomic mass is 9.71. The molecule has 7 aromatic rings. The number of rotatable bonds is 1. The maximum absolute atomic E-state index is 4.91.